The van der Waals surface area contributed by atoms with Crippen LogP contribution in [0.15, 0.2) is 0 Å². The number of hydrogen-bond donors (Lipinski definition) is 2. The van der Waals surface area contributed by atoms with Gasteiger partial charge in [-0.15, -0.1) is 0 Å². The number of thiol groups is 1. The third-order valence-electron chi connectivity index (χ3n) is 0.658. The Hall–Kier alpha value is -0.620. The zero-order chi connectivity index (χ0) is 7.98. The van der Waals surface area contributed by atoms with E-state index in [4.69, 9.17) is 0 Å². The van der Waals surface area contributed by atoms with Crippen molar-refractivity contribution < 1.29 is 17.9 Å². The molecule has 0 unspecified atom stereocenters. The van der Waals surface area contributed by atoms with Crippen molar-refractivity contribution in [3.8, 4) is 0 Å². The molecule has 0 aliphatic rings. The van der Waals surface area contributed by atoms with Gasteiger partial charge in [-0.1, -0.05) is 0 Å². The number of carbonyl (C=O) groups excluding carboxylic acids is 1. The van der Waals surface area contributed by atoms with Gasteiger partial charge in [-0.25, -0.2) is 13.1 Å². The minimum absolute atomic E-state index is 0.260. The average Bonchev–Trinajstić information content (AvgIpc) is 1.85. The van der Waals surface area contributed by atoms with Crippen LogP contribution < -0.4 is 4.72 Å². The Labute approximate surface area is 60.5 Å². The topological polar surface area (TPSA) is 72.5 Å². The summed E-state index contributed by atoms with van der Waals surface area (Å²) in [5.41, 5.74) is 0. The monoisotopic (exact) mass is 167 g/mol. The summed E-state index contributed by atoms with van der Waals surface area (Å²) in [5, 5.41) is 0. The second kappa shape index (κ2) is 5.19. The first-order chi connectivity index (χ1) is 4.66. The fourth-order valence-electron chi connectivity index (χ4n) is 0.341. The predicted molar refractivity (Wildman–Crippen MR) is 35.0 cm³/mol. The highest BCUT2D eigenvalue weighted by atomic mass is 32.2. The highest BCUT2D eigenvalue weighted by molar-refractivity contribution is 7.70. The molecule has 5 nitrogen and oxygen atoms in total. The van der Waals surface area contributed by atoms with Crippen molar-refractivity contribution in [3.05, 3.63) is 0 Å². The van der Waals surface area contributed by atoms with Crippen LogP contribution in [-0.4, -0.2) is 27.5 Å². The highest BCUT2D eigenvalue weighted by Gasteiger charge is 1.98. The van der Waals surface area contributed by atoms with Crippen molar-refractivity contribution in [2.75, 3.05) is 13.2 Å². The van der Waals surface area contributed by atoms with E-state index >= 15 is 0 Å². The first kappa shape index (κ1) is 9.38. The number of carbonyl (C=O) groups is 1. The van der Waals surface area contributed by atoms with Crippen molar-refractivity contribution in [1.29, 1.82) is 0 Å². The van der Waals surface area contributed by atoms with Gasteiger partial charge < -0.3 is 4.74 Å². The molecule has 0 saturated carbocycles. The molecule has 0 fully saturated rings. The van der Waals surface area contributed by atoms with Crippen LogP contribution in [0.25, 0.3) is 0 Å². The molecule has 0 heterocycles. The van der Waals surface area contributed by atoms with E-state index in [0.29, 0.717) is 0 Å². The van der Waals surface area contributed by atoms with Crippen molar-refractivity contribution in [3.63, 3.8) is 0 Å². The Kier molecular flexibility index (Phi) is 4.87. The number of esters is 1. The van der Waals surface area contributed by atoms with E-state index in [1.807, 2.05) is 4.72 Å². The number of rotatable bonds is 4. The lowest BCUT2D eigenvalue weighted by molar-refractivity contribution is -0.141. The Morgan fingerprint density at radius 2 is 2.20 bits per heavy atom. The largest absolute Gasteiger partial charge is 0.465 e. The standard InChI is InChI=1S/C4H9NO4S/c1-2-9-4(6)3-5-10(7)8/h10H,2-3H2,1H3,(H,5,7,8). The molecule has 0 aromatic heterocycles. The molecule has 0 spiro atoms. The third-order valence-corrected chi connectivity index (χ3v) is 1.07. The first-order valence-electron chi connectivity index (χ1n) is 2.70. The number of hydrogen-bond acceptors (Lipinski definition) is 4. The molecule has 60 valence electrons. The molecule has 0 amide bonds. The number of ether oxygens (including phenoxy) is 1. The lowest BCUT2D eigenvalue weighted by atomic mass is 10.7. The van der Waals surface area contributed by atoms with Gasteiger partial charge in [-0.3, -0.25) is 4.79 Å². The fourth-order valence-corrected chi connectivity index (χ4v) is 0.599. The SMILES string of the molecule is CCOC(=O)CN[SH](=O)=O. The molecule has 0 rings (SSSR count). The van der Waals surface area contributed by atoms with Gasteiger partial charge in [0.15, 0.2) is 0 Å². The molecule has 0 aromatic carbocycles. The molecule has 0 aliphatic heterocycles. The summed E-state index contributed by atoms with van der Waals surface area (Å²) in [6, 6.07) is 0. The van der Waals surface area contributed by atoms with Crippen LogP contribution in [0.5, 0.6) is 0 Å². The Morgan fingerprint density at radius 1 is 1.60 bits per heavy atom. The van der Waals surface area contributed by atoms with Gasteiger partial charge in [0.2, 0.25) is 10.9 Å². The lowest BCUT2D eigenvalue weighted by Gasteiger charge is -1.97. The van der Waals surface area contributed by atoms with E-state index in [1.165, 1.54) is 0 Å². The molecule has 1 N–H and O–H groups in total. The second-order valence-electron chi connectivity index (χ2n) is 1.40. The maximum atomic E-state index is 10.4. The van der Waals surface area contributed by atoms with Gasteiger partial charge in [0, 0.05) is 0 Å². The van der Waals surface area contributed by atoms with Gasteiger partial charge in [0.05, 0.1) is 6.61 Å². The van der Waals surface area contributed by atoms with Crippen molar-refractivity contribution in [1.82, 2.24) is 4.72 Å². The van der Waals surface area contributed by atoms with Crippen molar-refractivity contribution in [2.45, 2.75) is 6.92 Å². The summed E-state index contributed by atoms with van der Waals surface area (Å²) in [7, 11) is -2.69. The second-order valence-corrected chi connectivity index (χ2v) is 2.23. The minimum Gasteiger partial charge on any atom is -0.465 e. The quantitative estimate of drug-likeness (QED) is 0.402. The van der Waals surface area contributed by atoms with Gasteiger partial charge in [-0.2, -0.15) is 0 Å². The molecule has 0 atom stereocenters. The summed E-state index contributed by atoms with van der Waals surface area (Å²) in [4.78, 5) is 10.4. The van der Waals surface area contributed by atoms with Crippen molar-refractivity contribution in [2.24, 2.45) is 0 Å². The Balaban J connectivity index is 3.40. The van der Waals surface area contributed by atoms with Crippen LogP contribution in [0.1, 0.15) is 6.92 Å². The maximum absolute atomic E-state index is 10.4. The first-order valence-corrected chi connectivity index (χ1v) is 3.88. The van der Waals surface area contributed by atoms with Crippen LogP contribution in [0.4, 0.5) is 0 Å². The summed E-state index contributed by atoms with van der Waals surface area (Å²) >= 11 is 0. The normalized spacial score (nSPS) is 9.80. The summed E-state index contributed by atoms with van der Waals surface area (Å²) in [5.74, 6) is -0.568. The van der Waals surface area contributed by atoms with E-state index in [-0.39, 0.29) is 13.2 Å². The van der Waals surface area contributed by atoms with Crippen LogP contribution in [0, 0.1) is 0 Å². The highest BCUT2D eigenvalue weighted by Crippen LogP contribution is 1.73. The van der Waals surface area contributed by atoms with E-state index in [2.05, 4.69) is 4.74 Å². The Bertz CT molecular complexity index is 168. The average molecular weight is 167 g/mol. The van der Waals surface area contributed by atoms with E-state index in [1.54, 1.807) is 6.92 Å². The molecular formula is C4H9NO4S. The molecule has 0 saturated heterocycles. The minimum atomic E-state index is -2.69. The molecule has 6 heteroatoms. The predicted octanol–water partition coefficient (Wildman–Crippen LogP) is -1.33. The fraction of sp³-hybridized carbons (Fsp3) is 0.750. The van der Waals surface area contributed by atoms with Gasteiger partial charge in [0.25, 0.3) is 0 Å². The van der Waals surface area contributed by atoms with Crippen LogP contribution in [0.2, 0.25) is 0 Å². The van der Waals surface area contributed by atoms with Crippen LogP contribution >= 0.6 is 0 Å². The third kappa shape index (κ3) is 5.52. The van der Waals surface area contributed by atoms with Crippen molar-refractivity contribution >= 4 is 16.9 Å². The zero-order valence-corrected chi connectivity index (χ0v) is 6.39. The van der Waals surface area contributed by atoms with Gasteiger partial charge in [0.1, 0.15) is 6.54 Å². The van der Waals surface area contributed by atoms with E-state index < -0.39 is 16.9 Å². The zero-order valence-electron chi connectivity index (χ0n) is 5.49. The maximum Gasteiger partial charge on any atom is 0.320 e. The summed E-state index contributed by atoms with van der Waals surface area (Å²) in [6.45, 7) is 1.62. The molecule has 0 bridgehead atoms. The van der Waals surface area contributed by atoms with Gasteiger partial charge in [-0.05, 0) is 6.92 Å². The van der Waals surface area contributed by atoms with E-state index in [9.17, 15) is 13.2 Å². The summed E-state index contributed by atoms with van der Waals surface area (Å²) < 4.78 is 26.0. The smallest absolute Gasteiger partial charge is 0.320 e. The number of nitrogens with one attached hydrogen (secondary N) is 1. The molecule has 0 radical (unpaired) electrons. The van der Waals surface area contributed by atoms with Crippen LogP contribution in [0.3, 0.4) is 0 Å². The van der Waals surface area contributed by atoms with Gasteiger partial charge >= 0.3 is 5.97 Å². The van der Waals surface area contributed by atoms with E-state index in [0.717, 1.165) is 0 Å². The molecular weight excluding hydrogens is 158 g/mol. The molecule has 0 aromatic rings. The molecule has 0 aliphatic carbocycles. The molecule has 10 heavy (non-hydrogen) atoms. The Morgan fingerprint density at radius 3 is 2.60 bits per heavy atom. The lowest BCUT2D eigenvalue weighted by Crippen LogP contribution is -2.23. The van der Waals surface area contributed by atoms with Crippen LogP contribution in [-0.2, 0) is 20.4 Å². The summed E-state index contributed by atoms with van der Waals surface area (Å²) in [6.07, 6.45) is 0.